The summed E-state index contributed by atoms with van der Waals surface area (Å²) in [6.07, 6.45) is 3.42. The Kier molecular flexibility index (Phi) is 5.13. The van der Waals surface area contributed by atoms with Gasteiger partial charge in [-0.2, -0.15) is 0 Å². The fraction of sp³-hybridized carbons (Fsp3) is 0.167. The van der Waals surface area contributed by atoms with E-state index in [9.17, 15) is 10.1 Å². The van der Waals surface area contributed by atoms with Crippen molar-refractivity contribution in [2.24, 2.45) is 0 Å². The van der Waals surface area contributed by atoms with Crippen molar-refractivity contribution in [1.82, 2.24) is 19.7 Å². The summed E-state index contributed by atoms with van der Waals surface area (Å²) < 4.78 is 1.99. The van der Waals surface area contributed by atoms with E-state index in [1.807, 2.05) is 23.6 Å². The molecule has 3 rings (SSSR count). The van der Waals surface area contributed by atoms with Gasteiger partial charge in [-0.3, -0.25) is 19.7 Å². The first-order valence-electron chi connectivity index (χ1n) is 7.86. The molecule has 7 nitrogen and oxygen atoms in total. The second-order valence-corrected chi connectivity index (χ2v) is 6.93. The molecule has 8 heteroatoms. The molecule has 1 aromatic carbocycles. The second kappa shape index (κ2) is 7.49. The van der Waals surface area contributed by atoms with Gasteiger partial charge in [0.1, 0.15) is 0 Å². The number of pyridine rings is 1. The molecule has 132 valence electrons. The maximum absolute atomic E-state index is 11.0. The third-order valence-corrected chi connectivity index (χ3v) is 4.63. The molecule has 0 bridgehead atoms. The maximum Gasteiger partial charge on any atom is 0.272 e. The number of hydrogen-bond acceptors (Lipinski definition) is 6. The van der Waals surface area contributed by atoms with Gasteiger partial charge in [0.15, 0.2) is 11.0 Å². The summed E-state index contributed by atoms with van der Waals surface area (Å²) >= 11 is 1.42. The Morgan fingerprint density at radius 1 is 1.27 bits per heavy atom. The van der Waals surface area contributed by atoms with Crippen molar-refractivity contribution < 1.29 is 4.92 Å². The van der Waals surface area contributed by atoms with Crippen LogP contribution in [0.2, 0.25) is 0 Å². The van der Waals surface area contributed by atoms with Crippen LogP contribution in [0.15, 0.2) is 64.9 Å². The molecule has 0 unspecified atom stereocenters. The van der Waals surface area contributed by atoms with Gasteiger partial charge in [-0.1, -0.05) is 12.2 Å². The summed E-state index contributed by atoms with van der Waals surface area (Å²) in [5.41, 5.74) is 2.61. The monoisotopic (exact) mass is 367 g/mol. The Hall–Kier alpha value is -3.00. The number of benzene rings is 1. The molecule has 0 atom stereocenters. The maximum atomic E-state index is 11.0. The van der Waals surface area contributed by atoms with Crippen LogP contribution in [-0.2, 0) is 6.54 Å². The van der Waals surface area contributed by atoms with Gasteiger partial charge < -0.3 is 0 Å². The van der Waals surface area contributed by atoms with Crippen LogP contribution in [0.25, 0.3) is 11.4 Å². The van der Waals surface area contributed by atoms with Crippen LogP contribution in [-0.4, -0.2) is 24.7 Å². The Labute approximate surface area is 155 Å². The Morgan fingerprint density at radius 3 is 2.62 bits per heavy atom. The van der Waals surface area contributed by atoms with Crippen molar-refractivity contribution in [3.8, 4) is 11.4 Å². The van der Waals surface area contributed by atoms with Gasteiger partial charge in [-0.25, -0.2) is 0 Å². The lowest BCUT2D eigenvalue weighted by Gasteiger charge is -2.10. The van der Waals surface area contributed by atoms with Crippen molar-refractivity contribution in [2.75, 3.05) is 0 Å². The zero-order valence-corrected chi connectivity index (χ0v) is 15.2. The van der Waals surface area contributed by atoms with Crippen molar-refractivity contribution in [1.29, 1.82) is 0 Å². The third kappa shape index (κ3) is 3.80. The summed E-state index contributed by atoms with van der Waals surface area (Å²) in [5, 5.41) is 20.3. The van der Waals surface area contributed by atoms with E-state index in [1.165, 1.54) is 17.8 Å². The molecule has 2 heterocycles. The van der Waals surface area contributed by atoms with Gasteiger partial charge in [0, 0.05) is 41.0 Å². The van der Waals surface area contributed by atoms with E-state index in [4.69, 9.17) is 0 Å². The topological polar surface area (TPSA) is 86.7 Å². The summed E-state index contributed by atoms with van der Waals surface area (Å²) in [6.45, 7) is 8.24. The van der Waals surface area contributed by atoms with Crippen molar-refractivity contribution in [3.05, 3.63) is 70.6 Å². The molecule has 0 spiro atoms. The predicted octanol–water partition coefficient (Wildman–Crippen LogP) is 4.28. The molecule has 3 aromatic rings. The van der Waals surface area contributed by atoms with Crippen LogP contribution >= 0.6 is 11.8 Å². The molecule has 26 heavy (non-hydrogen) atoms. The van der Waals surface area contributed by atoms with Crippen molar-refractivity contribution in [2.45, 2.75) is 30.4 Å². The van der Waals surface area contributed by atoms with Gasteiger partial charge in [0.2, 0.25) is 0 Å². The van der Waals surface area contributed by atoms with Gasteiger partial charge in [-0.15, -0.1) is 10.2 Å². The van der Waals surface area contributed by atoms with E-state index < -0.39 is 0 Å². The molecule has 0 fully saturated rings. The lowest BCUT2D eigenvalue weighted by molar-refractivity contribution is -0.385. The Balaban J connectivity index is 1.97. The number of nitro benzene ring substituents is 1. The molecule has 0 saturated heterocycles. The highest BCUT2D eigenvalue weighted by molar-refractivity contribution is 7.99. The van der Waals surface area contributed by atoms with E-state index in [0.717, 1.165) is 21.9 Å². The molecule has 0 aliphatic carbocycles. The number of nitrogens with zero attached hydrogens (tertiary/aromatic N) is 5. The summed E-state index contributed by atoms with van der Waals surface area (Å²) in [6, 6.07) is 8.78. The first-order chi connectivity index (χ1) is 12.5. The number of rotatable bonds is 6. The Bertz CT molecular complexity index is 969. The minimum atomic E-state index is -0.380. The molecule has 0 aliphatic heterocycles. The van der Waals surface area contributed by atoms with E-state index in [1.54, 1.807) is 31.5 Å². The lowest BCUT2D eigenvalue weighted by atomic mass is 10.2. The van der Waals surface area contributed by atoms with Crippen molar-refractivity contribution >= 4 is 17.4 Å². The smallest absolute Gasteiger partial charge is 0.272 e. The number of nitro groups is 1. The summed E-state index contributed by atoms with van der Waals surface area (Å²) in [5.74, 6) is 0.733. The average molecular weight is 367 g/mol. The number of hydrogen-bond donors (Lipinski definition) is 0. The fourth-order valence-electron chi connectivity index (χ4n) is 2.49. The third-order valence-electron chi connectivity index (χ3n) is 3.66. The van der Waals surface area contributed by atoms with Gasteiger partial charge in [-0.05, 0) is 49.9 Å². The molecule has 0 radical (unpaired) electrons. The van der Waals surface area contributed by atoms with Crippen LogP contribution in [0.3, 0.4) is 0 Å². The zero-order valence-electron chi connectivity index (χ0n) is 14.4. The number of aromatic nitrogens is 4. The van der Waals surface area contributed by atoms with Crippen LogP contribution in [0, 0.1) is 17.0 Å². The quantitative estimate of drug-likeness (QED) is 0.367. The molecule has 0 amide bonds. The SMILES string of the molecule is C=C(C)Cn1c(Sc2ccc([N+](=O)[O-])c(C)c2)nnc1-c1ccncc1. The predicted molar refractivity (Wildman–Crippen MR) is 100 cm³/mol. The summed E-state index contributed by atoms with van der Waals surface area (Å²) in [7, 11) is 0. The van der Waals surface area contributed by atoms with Crippen molar-refractivity contribution in [3.63, 3.8) is 0 Å². The van der Waals surface area contributed by atoms with E-state index in [0.29, 0.717) is 17.3 Å². The molecule has 0 N–H and O–H groups in total. The number of allylic oxidation sites excluding steroid dienone is 1. The largest absolute Gasteiger partial charge is 0.298 e. The highest BCUT2D eigenvalue weighted by Crippen LogP contribution is 2.32. The van der Waals surface area contributed by atoms with Crippen LogP contribution in [0.1, 0.15) is 12.5 Å². The molecular formula is C18H17N5O2S. The lowest BCUT2D eigenvalue weighted by Crippen LogP contribution is -2.03. The van der Waals surface area contributed by atoms with E-state index in [-0.39, 0.29) is 10.6 Å². The first-order valence-corrected chi connectivity index (χ1v) is 8.68. The summed E-state index contributed by atoms with van der Waals surface area (Å²) in [4.78, 5) is 15.5. The minimum Gasteiger partial charge on any atom is -0.298 e. The molecule has 2 aromatic heterocycles. The van der Waals surface area contributed by atoms with Gasteiger partial charge >= 0.3 is 0 Å². The highest BCUT2D eigenvalue weighted by atomic mass is 32.2. The first kappa shape index (κ1) is 17.8. The average Bonchev–Trinajstić information content (AvgIpc) is 2.97. The molecule has 0 saturated carbocycles. The molecular weight excluding hydrogens is 350 g/mol. The van der Waals surface area contributed by atoms with E-state index in [2.05, 4.69) is 21.8 Å². The fourth-order valence-corrected chi connectivity index (χ4v) is 3.42. The van der Waals surface area contributed by atoms with Gasteiger partial charge in [0.05, 0.1) is 4.92 Å². The standard InChI is InChI=1S/C18H17N5O2S/c1-12(2)11-22-17(14-6-8-19-9-7-14)20-21-18(22)26-15-4-5-16(23(24)25)13(3)10-15/h4-10H,1,11H2,2-3H3. The van der Waals surface area contributed by atoms with Crippen LogP contribution < -0.4 is 0 Å². The van der Waals surface area contributed by atoms with Crippen LogP contribution in [0.4, 0.5) is 5.69 Å². The minimum absolute atomic E-state index is 0.107. The Morgan fingerprint density at radius 2 is 2.00 bits per heavy atom. The molecule has 0 aliphatic rings. The van der Waals surface area contributed by atoms with Gasteiger partial charge in [0.25, 0.3) is 5.69 Å². The highest BCUT2D eigenvalue weighted by Gasteiger charge is 2.17. The zero-order chi connectivity index (χ0) is 18.7. The number of aryl methyl sites for hydroxylation is 1. The normalized spacial score (nSPS) is 10.7. The van der Waals surface area contributed by atoms with E-state index >= 15 is 0 Å². The second-order valence-electron chi connectivity index (χ2n) is 5.89. The van der Waals surface area contributed by atoms with Crippen LogP contribution in [0.5, 0.6) is 0 Å².